The summed E-state index contributed by atoms with van der Waals surface area (Å²) in [7, 11) is 0. The van der Waals surface area contributed by atoms with Gasteiger partial charge in [0.25, 0.3) is 5.91 Å². The van der Waals surface area contributed by atoms with Crippen molar-refractivity contribution in [2.24, 2.45) is 0 Å². The fraction of sp³-hybridized carbons (Fsp3) is 0.333. The number of halogens is 1. The highest BCUT2D eigenvalue weighted by Crippen LogP contribution is 2.18. The van der Waals surface area contributed by atoms with Gasteiger partial charge in [0.05, 0.1) is 31.4 Å². The monoisotopic (exact) mass is 385 g/mol. The molecule has 1 aliphatic rings. The summed E-state index contributed by atoms with van der Waals surface area (Å²) in [5, 5.41) is 5.91. The molecule has 1 heterocycles. The Kier molecular flexibility index (Phi) is 6.60. The van der Waals surface area contributed by atoms with Gasteiger partial charge in [-0.15, -0.1) is 0 Å². The van der Waals surface area contributed by atoms with Crippen LogP contribution in [0.1, 0.15) is 28.9 Å². The highest BCUT2D eigenvalue weighted by molar-refractivity contribution is 6.00. The van der Waals surface area contributed by atoms with Crippen LogP contribution in [0, 0.1) is 5.82 Å². The van der Waals surface area contributed by atoms with E-state index < -0.39 is 0 Å². The Balaban J connectivity index is 1.58. The van der Waals surface area contributed by atoms with Gasteiger partial charge in [-0.2, -0.15) is 0 Å². The fourth-order valence-corrected chi connectivity index (χ4v) is 3.06. The molecular weight excluding hydrogens is 361 g/mol. The Hall–Kier alpha value is -2.93. The Morgan fingerprint density at radius 3 is 2.50 bits per heavy atom. The topological polar surface area (TPSA) is 70.7 Å². The van der Waals surface area contributed by atoms with Crippen LogP contribution in [0.4, 0.5) is 10.1 Å². The summed E-state index contributed by atoms with van der Waals surface area (Å²) >= 11 is 0. The normalized spacial score (nSPS) is 15.0. The quantitative estimate of drug-likeness (QED) is 0.802. The van der Waals surface area contributed by atoms with E-state index in [9.17, 15) is 14.0 Å². The predicted molar refractivity (Wildman–Crippen MR) is 105 cm³/mol. The molecule has 0 saturated carbocycles. The van der Waals surface area contributed by atoms with E-state index in [0.29, 0.717) is 37.6 Å². The molecule has 0 bridgehead atoms. The molecule has 3 rings (SSSR count). The SMILES string of the molecule is CC(NC(=O)CNc1ccccc1C(=O)N1CCOCC1)c1ccc(F)cc1. The Labute approximate surface area is 163 Å². The molecule has 2 amide bonds. The molecule has 2 aromatic rings. The lowest BCUT2D eigenvalue weighted by molar-refractivity contribution is -0.120. The van der Waals surface area contributed by atoms with Gasteiger partial charge in [-0.3, -0.25) is 9.59 Å². The number of carbonyl (C=O) groups excluding carboxylic acids is 2. The van der Waals surface area contributed by atoms with Crippen LogP contribution in [0.3, 0.4) is 0 Å². The Bertz CT molecular complexity index is 820. The second kappa shape index (κ2) is 9.32. The summed E-state index contributed by atoms with van der Waals surface area (Å²) in [4.78, 5) is 26.8. The third-order valence-electron chi connectivity index (χ3n) is 4.64. The summed E-state index contributed by atoms with van der Waals surface area (Å²) in [5.74, 6) is -0.609. The second-order valence-electron chi connectivity index (χ2n) is 6.64. The third-order valence-corrected chi connectivity index (χ3v) is 4.64. The van der Waals surface area contributed by atoms with Gasteiger partial charge in [-0.1, -0.05) is 24.3 Å². The number of amides is 2. The highest BCUT2D eigenvalue weighted by atomic mass is 19.1. The van der Waals surface area contributed by atoms with E-state index in [0.717, 1.165) is 5.56 Å². The zero-order valence-electron chi connectivity index (χ0n) is 15.8. The maximum atomic E-state index is 13.0. The van der Waals surface area contributed by atoms with E-state index in [2.05, 4.69) is 10.6 Å². The molecule has 0 radical (unpaired) electrons. The summed E-state index contributed by atoms with van der Waals surface area (Å²) in [5.41, 5.74) is 1.96. The molecule has 1 fully saturated rings. The van der Waals surface area contributed by atoms with Crippen molar-refractivity contribution in [1.82, 2.24) is 10.2 Å². The minimum Gasteiger partial charge on any atom is -0.378 e. The van der Waals surface area contributed by atoms with E-state index in [1.807, 2.05) is 13.0 Å². The molecule has 28 heavy (non-hydrogen) atoms. The van der Waals surface area contributed by atoms with Crippen molar-refractivity contribution >= 4 is 17.5 Å². The Morgan fingerprint density at radius 1 is 1.11 bits per heavy atom. The maximum Gasteiger partial charge on any atom is 0.256 e. The van der Waals surface area contributed by atoms with Crippen molar-refractivity contribution in [2.45, 2.75) is 13.0 Å². The first-order valence-electron chi connectivity index (χ1n) is 9.29. The van der Waals surface area contributed by atoms with Crippen molar-refractivity contribution in [2.75, 3.05) is 38.2 Å². The van der Waals surface area contributed by atoms with E-state index in [1.165, 1.54) is 12.1 Å². The largest absolute Gasteiger partial charge is 0.378 e. The number of ether oxygens (including phenoxy) is 1. The van der Waals surface area contributed by atoms with Crippen molar-refractivity contribution < 1.29 is 18.7 Å². The standard InChI is InChI=1S/C21H24FN3O3/c1-15(16-6-8-17(22)9-7-16)24-20(26)14-23-19-5-3-2-4-18(19)21(27)25-10-12-28-13-11-25/h2-9,15,23H,10-14H2,1H3,(H,24,26). The van der Waals surface area contributed by atoms with E-state index in [1.54, 1.807) is 35.2 Å². The molecule has 1 saturated heterocycles. The molecule has 0 aromatic heterocycles. The molecule has 1 unspecified atom stereocenters. The molecule has 0 spiro atoms. The summed E-state index contributed by atoms with van der Waals surface area (Å²) < 4.78 is 18.3. The van der Waals surface area contributed by atoms with Gasteiger partial charge < -0.3 is 20.3 Å². The number of para-hydroxylation sites is 1. The van der Waals surface area contributed by atoms with Crippen molar-refractivity contribution in [1.29, 1.82) is 0 Å². The van der Waals surface area contributed by atoms with E-state index in [4.69, 9.17) is 4.74 Å². The first kappa shape index (κ1) is 19.8. The van der Waals surface area contributed by atoms with Crippen LogP contribution in [0.25, 0.3) is 0 Å². The Morgan fingerprint density at radius 2 is 1.79 bits per heavy atom. The molecule has 148 valence electrons. The molecule has 6 nitrogen and oxygen atoms in total. The lowest BCUT2D eigenvalue weighted by Crippen LogP contribution is -2.41. The van der Waals surface area contributed by atoms with Gasteiger partial charge in [0, 0.05) is 18.8 Å². The number of nitrogens with one attached hydrogen (secondary N) is 2. The maximum absolute atomic E-state index is 13.0. The zero-order valence-corrected chi connectivity index (χ0v) is 15.8. The highest BCUT2D eigenvalue weighted by Gasteiger charge is 2.21. The molecule has 1 atom stereocenters. The van der Waals surface area contributed by atoms with Crippen LogP contribution < -0.4 is 10.6 Å². The van der Waals surface area contributed by atoms with Crippen molar-refractivity contribution in [3.05, 3.63) is 65.5 Å². The van der Waals surface area contributed by atoms with Crippen LogP contribution in [0.5, 0.6) is 0 Å². The van der Waals surface area contributed by atoms with Gasteiger partial charge in [-0.25, -0.2) is 4.39 Å². The van der Waals surface area contributed by atoms with Crippen molar-refractivity contribution in [3.63, 3.8) is 0 Å². The minimum atomic E-state index is -0.314. The smallest absolute Gasteiger partial charge is 0.256 e. The average Bonchev–Trinajstić information content (AvgIpc) is 2.73. The van der Waals surface area contributed by atoms with Crippen LogP contribution in [0.15, 0.2) is 48.5 Å². The van der Waals surface area contributed by atoms with Gasteiger partial charge in [0.15, 0.2) is 0 Å². The summed E-state index contributed by atoms with van der Waals surface area (Å²) in [6.07, 6.45) is 0. The minimum absolute atomic E-state index is 0.0267. The third kappa shape index (κ3) is 5.07. The lowest BCUT2D eigenvalue weighted by Gasteiger charge is -2.27. The lowest BCUT2D eigenvalue weighted by atomic mass is 10.1. The van der Waals surface area contributed by atoms with Crippen LogP contribution >= 0.6 is 0 Å². The zero-order chi connectivity index (χ0) is 19.9. The number of hydrogen-bond donors (Lipinski definition) is 2. The number of rotatable bonds is 6. The van der Waals surface area contributed by atoms with Gasteiger partial charge in [0.1, 0.15) is 5.82 Å². The van der Waals surface area contributed by atoms with Crippen LogP contribution in [0.2, 0.25) is 0 Å². The first-order valence-corrected chi connectivity index (χ1v) is 9.29. The average molecular weight is 385 g/mol. The number of carbonyl (C=O) groups is 2. The van der Waals surface area contributed by atoms with E-state index in [-0.39, 0.29) is 30.2 Å². The number of hydrogen-bond acceptors (Lipinski definition) is 4. The number of anilines is 1. The van der Waals surface area contributed by atoms with Crippen molar-refractivity contribution in [3.8, 4) is 0 Å². The molecule has 1 aliphatic heterocycles. The summed E-state index contributed by atoms with van der Waals surface area (Å²) in [6, 6.07) is 12.9. The van der Waals surface area contributed by atoms with Crippen LogP contribution in [-0.4, -0.2) is 49.6 Å². The van der Waals surface area contributed by atoms with E-state index >= 15 is 0 Å². The first-order chi connectivity index (χ1) is 13.5. The molecule has 7 heteroatoms. The summed E-state index contributed by atoms with van der Waals surface area (Å²) in [6.45, 7) is 4.04. The predicted octanol–water partition coefficient (Wildman–Crippen LogP) is 2.59. The molecular formula is C21H24FN3O3. The number of nitrogens with zero attached hydrogens (tertiary/aromatic N) is 1. The second-order valence-corrected chi connectivity index (χ2v) is 6.64. The van der Waals surface area contributed by atoms with Crippen LogP contribution in [-0.2, 0) is 9.53 Å². The number of benzene rings is 2. The van der Waals surface area contributed by atoms with Gasteiger partial charge >= 0.3 is 0 Å². The molecule has 2 aromatic carbocycles. The van der Waals surface area contributed by atoms with Gasteiger partial charge in [0.2, 0.25) is 5.91 Å². The fourth-order valence-electron chi connectivity index (χ4n) is 3.06. The molecule has 2 N–H and O–H groups in total. The van der Waals surface area contributed by atoms with Gasteiger partial charge in [-0.05, 0) is 36.8 Å². The number of morpholine rings is 1. The molecule has 0 aliphatic carbocycles.